The van der Waals surface area contributed by atoms with Crippen molar-refractivity contribution in [1.82, 2.24) is 4.90 Å². The minimum absolute atomic E-state index is 0.410. The molecule has 1 aliphatic rings. The van der Waals surface area contributed by atoms with Crippen LogP contribution >= 0.6 is 0 Å². The first-order valence-electron chi connectivity index (χ1n) is 4.95. The Hall–Kier alpha value is -0.340. The zero-order chi connectivity index (χ0) is 9.90. The van der Waals surface area contributed by atoms with E-state index in [1.165, 1.54) is 13.1 Å². The van der Waals surface area contributed by atoms with Crippen LogP contribution in [0, 0.1) is 5.41 Å². The van der Waals surface area contributed by atoms with E-state index in [1.54, 1.807) is 6.08 Å². The van der Waals surface area contributed by atoms with E-state index in [0.717, 1.165) is 6.61 Å². The van der Waals surface area contributed by atoms with Crippen molar-refractivity contribution >= 4 is 0 Å². The van der Waals surface area contributed by atoms with Gasteiger partial charge in [-0.2, -0.15) is 0 Å². The van der Waals surface area contributed by atoms with Gasteiger partial charge < -0.3 is 4.74 Å². The Labute approximate surface area is 81.6 Å². The quantitative estimate of drug-likeness (QED) is 0.367. The molecule has 13 heavy (non-hydrogen) atoms. The summed E-state index contributed by atoms with van der Waals surface area (Å²) in [6.07, 6.45) is 1.80. The van der Waals surface area contributed by atoms with Gasteiger partial charge >= 0.3 is 0 Å². The van der Waals surface area contributed by atoms with E-state index in [2.05, 4.69) is 32.3 Å². The smallest absolute Gasteiger partial charge is 0.0645 e. The normalized spacial score (nSPS) is 27.3. The van der Waals surface area contributed by atoms with Crippen LogP contribution in [0.4, 0.5) is 0 Å². The monoisotopic (exact) mass is 183 g/mol. The average Bonchev–Trinajstić information content (AvgIpc) is 2.65. The summed E-state index contributed by atoms with van der Waals surface area (Å²) in [6, 6.07) is 0.666. The Bertz CT molecular complexity index is 171. The lowest BCUT2D eigenvalue weighted by Gasteiger charge is -2.19. The fraction of sp³-hybridized carbons (Fsp3) is 0.818. The van der Waals surface area contributed by atoms with E-state index >= 15 is 0 Å². The zero-order valence-corrected chi connectivity index (χ0v) is 9.05. The van der Waals surface area contributed by atoms with Crippen LogP contribution in [0.3, 0.4) is 0 Å². The largest absolute Gasteiger partial charge is 0.376 e. The van der Waals surface area contributed by atoms with Crippen LogP contribution < -0.4 is 0 Å². The third kappa shape index (κ3) is 4.44. The number of hydrogen-bond acceptors (Lipinski definition) is 2. The molecule has 1 fully saturated rings. The van der Waals surface area contributed by atoms with E-state index in [9.17, 15) is 0 Å². The first-order chi connectivity index (χ1) is 6.03. The van der Waals surface area contributed by atoms with Gasteiger partial charge in [0, 0.05) is 19.1 Å². The molecule has 2 unspecified atom stereocenters. The van der Waals surface area contributed by atoms with E-state index in [1.807, 2.05) is 0 Å². The van der Waals surface area contributed by atoms with Crippen LogP contribution in [0.15, 0.2) is 12.7 Å². The summed E-state index contributed by atoms with van der Waals surface area (Å²) < 4.78 is 5.39. The van der Waals surface area contributed by atoms with Gasteiger partial charge in [-0.3, -0.25) is 4.90 Å². The van der Waals surface area contributed by atoms with Crippen molar-refractivity contribution < 1.29 is 4.74 Å². The van der Waals surface area contributed by atoms with Crippen LogP contribution in [-0.4, -0.2) is 37.2 Å². The summed E-state index contributed by atoms with van der Waals surface area (Å²) in [7, 11) is 0. The summed E-state index contributed by atoms with van der Waals surface area (Å²) >= 11 is 0. The molecule has 0 aliphatic carbocycles. The summed E-state index contributed by atoms with van der Waals surface area (Å²) in [6.45, 7) is 14.4. The predicted octanol–water partition coefficient (Wildman–Crippen LogP) is 1.92. The number of hydrogen-bond donors (Lipinski definition) is 0. The maximum Gasteiger partial charge on any atom is 0.0645 e. The Morgan fingerprint density at radius 1 is 1.54 bits per heavy atom. The third-order valence-corrected chi connectivity index (χ3v) is 2.05. The molecule has 76 valence electrons. The standard InChI is InChI=1S/C11H21NO/c1-5-6-13-8-10-7-12(10)9-11(2,3)4/h5,10H,1,6-9H2,2-4H3. The van der Waals surface area contributed by atoms with Gasteiger partial charge in [-0.05, 0) is 5.41 Å². The Morgan fingerprint density at radius 3 is 2.77 bits per heavy atom. The van der Waals surface area contributed by atoms with Crippen LogP contribution in [-0.2, 0) is 4.74 Å². The molecular formula is C11H21NO. The molecule has 0 aromatic carbocycles. The fourth-order valence-corrected chi connectivity index (χ4v) is 1.47. The molecule has 1 aliphatic heterocycles. The fourth-order valence-electron chi connectivity index (χ4n) is 1.47. The predicted molar refractivity (Wildman–Crippen MR) is 55.8 cm³/mol. The summed E-state index contributed by atoms with van der Waals surface area (Å²) in [5.41, 5.74) is 0.410. The highest BCUT2D eigenvalue weighted by Crippen LogP contribution is 2.25. The van der Waals surface area contributed by atoms with Gasteiger partial charge in [0.15, 0.2) is 0 Å². The van der Waals surface area contributed by atoms with Gasteiger partial charge in [0.25, 0.3) is 0 Å². The Morgan fingerprint density at radius 2 is 2.23 bits per heavy atom. The van der Waals surface area contributed by atoms with E-state index in [-0.39, 0.29) is 0 Å². The van der Waals surface area contributed by atoms with Crippen molar-refractivity contribution in [3.05, 3.63) is 12.7 Å². The van der Waals surface area contributed by atoms with Gasteiger partial charge in [-0.15, -0.1) is 6.58 Å². The van der Waals surface area contributed by atoms with E-state index in [0.29, 0.717) is 18.1 Å². The van der Waals surface area contributed by atoms with E-state index in [4.69, 9.17) is 4.74 Å². The minimum atomic E-state index is 0.410. The van der Waals surface area contributed by atoms with Crippen molar-refractivity contribution in [2.24, 2.45) is 5.41 Å². The zero-order valence-electron chi connectivity index (χ0n) is 9.05. The second kappa shape index (κ2) is 4.25. The highest BCUT2D eigenvalue weighted by Gasteiger charge is 2.36. The van der Waals surface area contributed by atoms with Crippen molar-refractivity contribution in [1.29, 1.82) is 0 Å². The molecule has 2 atom stereocenters. The van der Waals surface area contributed by atoms with Gasteiger partial charge in [0.2, 0.25) is 0 Å². The first-order valence-corrected chi connectivity index (χ1v) is 4.95. The van der Waals surface area contributed by atoms with Crippen LogP contribution in [0.5, 0.6) is 0 Å². The maximum atomic E-state index is 5.39. The number of ether oxygens (including phenoxy) is 1. The number of rotatable bonds is 5. The van der Waals surface area contributed by atoms with Gasteiger partial charge in [0.1, 0.15) is 0 Å². The van der Waals surface area contributed by atoms with E-state index < -0.39 is 0 Å². The molecule has 0 radical (unpaired) electrons. The molecule has 0 saturated carbocycles. The Balaban J connectivity index is 2.06. The maximum absolute atomic E-state index is 5.39. The topological polar surface area (TPSA) is 12.2 Å². The molecule has 0 aromatic rings. The Kier molecular flexibility index (Phi) is 3.51. The lowest BCUT2D eigenvalue weighted by atomic mass is 9.97. The molecule has 0 aromatic heterocycles. The second-order valence-corrected chi connectivity index (χ2v) is 4.97. The summed E-state index contributed by atoms with van der Waals surface area (Å²) in [5.74, 6) is 0. The lowest BCUT2D eigenvalue weighted by Crippen LogP contribution is -2.21. The first kappa shape index (κ1) is 10.7. The van der Waals surface area contributed by atoms with Gasteiger partial charge in [-0.1, -0.05) is 26.8 Å². The summed E-state index contributed by atoms with van der Waals surface area (Å²) in [5, 5.41) is 0. The molecule has 0 bridgehead atoms. The summed E-state index contributed by atoms with van der Waals surface area (Å²) in [4.78, 5) is 2.46. The minimum Gasteiger partial charge on any atom is -0.376 e. The molecule has 0 N–H and O–H groups in total. The molecule has 1 heterocycles. The van der Waals surface area contributed by atoms with Crippen LogP contribution in [0.25, 0.3) is 0 Å². The van der Waals surface area contributed by atoms with Crippen molar-refractivity contribution in [2.45, 2.75) is 26.8 Å². The third-order valence-electron chi connectivity index (χ3n) is 2.05. The van der Waals surface area contributed by atoms with Crippen molar-refractivity contribution in [2.75, 3.05) is 26.3 Å². The SMILES string of the molecule is C=CCOCC1CN1CC(C)(C)C. The molecule has 0 spiro atoms. The molecule has 2 heteroatoms. The highest BCUT2D eigenvalue weighted by molar-refractivity contribution is 4.91. The van der Waals surface area contributed by atoms with Crippen LogP contribution in [0.1, 0.15) is 20.8 Å². The average molecular weight is 183 g/mol. The van der Waals surface area contributed by atoms with Gasteiger partial charge in [0.05, 0.1) is 13.2 Å². The lowest BCUT2D eigenvalue weighted by molar-refractivity contribution is 0.149. The van der Waals surface area contributed by atoms with Crippen LogP contribution in [0.2, 0.25) is 0 Å². The highest BCUT2D eigenvalue weighted by atomic mass is 16.5. The van der Waals surface area contributed by atoms with Crippen molar-refractivity contribution in [3.63, 3.8) is 0 Å². The molecule has 0 amide bonds. The molecular weight excluding hydrogens is 162 g/mol. The van der Waals surface area contributed by atoms with Crippen molar-refractivity contribution in [3.8, 4) is 0 Å². The molecule has 1 rings (SSSR count). The van der Waals surface area contributed by atoms with Gasteiger partial charge in [-0.25, -0.2) is 0 Å². The second-order valence-electron chi connectivity index (χ2n) is 4.97. The molecule has 2 nitrogen and oxygen atoms in total. The number of nitrogens with zero attached hydrogens (tertiary/aromatic N) is 1. The molecule has 1 saturated heterocycles.